The molecule has 1 N–H and O–H groups in total. The Morgan fingerprint density at radius 2 is 1.96 bits per heavy atom. The lowest BCUT2D eigenvalue weighted by molar-refractivity contribution is -0.137. The lowest BCUT2D eigenvalue weighted by atomic mass is 9.95. The van der Waals surface area contributed by atoms with Crippen LogP contribution in [0.1, 0.15) is 17.5 Å². The minimum Gasteiger partial charge on any atom is -0.351 e. The van der Waals surface area contributed by atoms with Crippen molar-refractivity contribution in [3.05, 3.63) is 47.5 Å². The first-order chi connectivity index (χ1) is 11.5. The van der Waals surface area contributed by atoms with Gasteiger partial charge in [0.2, 0.25) is 0 Å². The number of nitrogens with zero attached hydrogens (tertiary/aromatic N) is 2. The van der Waals surface area contributed by atoms with E-state index in [2.05, 4.69) is 15.2 Å². The van der Waals surface area contributed by atoms with Crippen molar-refractivity contribution in [2.24, 2.45) is 0 Å². The summed E-state index contributed by atoms with van der Waals surface area (Å²) in [5.74, 6) is 0.849. The molecule has 4 rings (SSSR count). The summed E-state index contributed by atoms with van der Waals surface area (Å²) in [5, 5.41) is 3.37. The van der Waals surface area contributed by atoms with Crippen molar-refractivity contribution in [2.75, 3.05) is 24.5 Å². The minimum atomic E-state index is -4.38. The zero-order valence-corrected chi connectivity index (χ0v) is 13.1. The normalized spacial score (nSPS) is 20.5. The Hall–Kier alpha value is -2.08. The molecule has 1 fully saturated rings. The molecule has 2 aliphatic heterocycles. The summed E-state index contributed by atoms with van der Waals surface area (Å²) in [7, 11) is 0. The van der Waals surface area contributed by atoms with E-state index in [4.69, 9.17) is 0 Å². The number of halogens is 3. The van der Waals surface area contributed by atoms with E-state index in [1.807, 2.05) is 6.07 Å². The summed E-state index contributed by atoms with van der Waals surface area (Å²) in [6, 6.07) is 9.68. The molecule has 1 aromatic carbocycles. The van der Waals surface area contributed by atoms with Crippen molar-refractivity contribution in [1.29, 1.82) is 0 Å². The van der Waals surface area contributed by atoms with E-state index in [0.29, 0.717) is 11.7 Å². The fourth-order valence-electron chi connectivity index (χ4n) is 3.64. The van der Waals surface area contributed by atoms with Gasteiger partial charge in [0.05, 0.1) is 11.3 Å². The molecular formula is C18H18F3N3. The van der Waals surface area contributed by atoms with Crippen LogP contribution in [-0.2, 0) is 12.6 Å². The molecule has 3 heterocycles. The molecule has 6 heteroatoms. The van der Waals surface area contributed by atoms with E-state index < -0.39 is 11.7 Å². The lowest BCUT2D eigenvalue weighted by Gasteiger charge is -2.41. The summed E-state index contributed by atoms with van der Waals surface area (Å²) < 4.78 is 39.9. The molecule has 3 nitrogen and oxygen atoms in total. The van der Waals surface area contributed by atoms with E-state index in [0.717, 1.165) is 49.9 Å². The fraction of sp³-hybridized carbons (Fsp3) is 0.389. The minimum absolute atomic E-state index is 0.144. The third-order valence-corrected chi connectivity index (χ3v) is 4.83. The first-order valence-electron chi connectivity index (χ1n) is 8.18. The van der Waals surface area contributed by atoms with Gasteiger partial charge in [0.1, 0.15) is 5.82 Å². The average Bonchev–Trinajstić information content (AvgIpc) is 2.60. The first-order valence-corrected chi connectivity index (χ1v) is 8.18. The molecule has 0 amide bonds. The highest BCUT2D eigenvalue weighted by Crippen LogP contribution is 2.38. The number of hydrogen-bond acceptors (Lipinski definition) is 3. The third kappa shape index (κ3) is 2.65. The monoisotopic (exact) mass is 333 g/mol. The van der Waals surface area contributed by atoms with Crippen LogP contribution >= 0.6 is 0 Å². The van der Waals surface area contributed by atoms with Crippen LogP contribution in [0.15, 0.2) is 36.4 Å². The molecule has 0 spiro atoms. The Kier molecular flexibility index (Phi) is 3.72. The van der Waals surface area contributed by atoms with Crippen molar-refractivity contribution in [3.63, 3.8) is 0 Å². The van der Waals surface area contributed by atoms with Gasteiger partial charge in [0, 0.05) is 31.2 Å². The molecule has 1 saturated heterocycles. The average molecular weight is 333 g/mol. The highest BCUT2D eigenvalue weighted by molar-refractivity contribution is 5.68. The zero-order valence-electron chi connectivity index (χ0n) is 13.1. The Labute approximate surface area is 138 Å². The van der Waals surface area contributed by atoms with E-state index in [9.17, 15) is 13.2 Å². The molecule has 24 heavy (non-hydrogen) atoms. The van der Waals surface area contributed by atoms with Gasteiger partial charge in [-0.2, -0.15) is 13.2 Å². The Morgan fingerprint density at radius 3 is 2.79 bits per heavy atom. The Bertz CT molecular complexity index is 757. The van der Waals surface area contributed by atoms with Crippen molar-refractivity contribution >= 4 is 5.82 Å². The Balaban J connectivity index is 1.80. The standard InChI is InChI=1S/C18H18F3N3/c19-18(20,21)15-4-2-1-3-14(15)16-8-6-12-5-7-13-11-22-9-10-24(13)17(12)23-16/h1-4,6,8,13,22H,5,7,9-11H2. The largest absolute Gasteiger partial charge is 0.417 e. The molecule has 1 aromatic heterocycles. The number of aryl methyl sites for hydroxylation is 1. The van der Waals surface area contributed by atoms with Gasteiger partial charge in [0.15, 0.2) is 0 Å². The van der Waals surface area contributed by atoms with Crippen molar-refractivity contribution in [3.8, 4) is 11.3 Å². The number of anilines is 1. The number of hydrogen-bond donors (Lipinski definition) is 1. The maximum absolute atomic E-state index is 13.3. The second kappa shape index (κ2) is 5.77. The van der Waals surface area contributed by atoms with Crippen LogP contribution < -0.4 is 10.2 Å². The van der Waals surface area contributed by atoms with Crippen LogP contribution in [0.5, 0.6) is 0 Å². The summed E-state index contributed by atoms with van der Waals surface area (Å²) in [4.78, 5) is 6.89. The van der Waals surface area contributed by atoms with Crippen LogP contribution in [0.2, 0.25) is 0 Å². The SMILES string of the molecule is FC(F)(F)c1ccccc1-c1ccc2c(n1)N1CCNCC1CC2. The maximum Gasteiger partial charge on any atom is 0.417 e. The van der Waals surface area contributed by atoms with E-state index in [1.165, 1.54) is 12.1 Å². The number of piperazine rings is 1. The van der Waals surface area contributed by atoms with Gasteiger partial charge in [-0.3, -0.25) is 0 Å². The predicted molar refractivity (Wildman–Crippen MR) is 87.0 cm³/mol. The highest BCUT2D eigenvalue weighted by Gasteiger charge is 2.34. The van der Waals surface area contributed by atoms with Crippen molar-refractivity contribution in [2.45, 2.75) is 25.1 Å². The molecule has 2 aliphatic rings. The molecule has 1 unspecified atom stereocenters. The van der Waals surface area contributed by atoms with Crippen molar-refractivity contribution < 1.29 is 13.2 Å². The number of benzene rings is 1. The number of nitrogens with one attached hydrogen (secondary N) is 1. The van der Waals surface area contributed by atoms with Crippen LogP contribution in [0.4, 0.5) is 19.0 Å². The molecular weight excluding hydrogens is 315 g/mol. The van der Waals surface area contributed by atoms with Gasteiger partial charge >= 0.3 is 6.18 Å². The molecule has 0 bridgehead atoms. The second-order valence-electron chi connectivity index (χ2n) is 6.31. The highest BCUT2D eigenvalue weighted by atomic mass is 19.4. The first kappa shape index (κ1) is 15.4. The molecule has 0 aliphatic carbocycles. The molecule has 1 atom stereocenters. The molecule has 0 saturated carbocycles. The van der Waals surface area contributed by atoms with Crippen LogP contribution in [0.3, 0.4) is 0 Å². The quantitative estimate of drug-likeness (QED) is 0.866. The van der Waals surface area contributed by atoms with Crippen LogP contribution in [0, 0.1) is 0 Å². The number of aromatic nitrogens is 1. The van der Waals surface area contributed by atoms with Gasteiger partial charge in [-0.05, 0) is 30.5 Å². The maximum atomic E-state index is 13.3. The molecule has 2 aromatic rings. The molecule has 0 radical (unpaired) electrons. The number of fused-ring (bicyclic) bond motifs is 3. The van der Waals surface area contributed by atoms with Gasteiger partial charge in [-0.25, -0.2) is 4.98 Å². The van der Waals surface area contributed by atoms with E-state index >= 15 is 0 Å². The number of pyridine rings is 1. The Morgan fingerprint density at radius 1 is 1.12 bits per heavy atom. The van der Waals surface area contributed by atoms with Crippen molar-refractivity contribution in [1.82, 2.24) is 10.3 Å². The lowest BCUT2D eigenvalue weighted by Crippen LogP contribution is -2.53. The summed E-state index contributed by atoms with van der Waals surface area (Å²) in [6.45, 7) is 2.63. The zero-order chi connectivity index (χ0) is 16.7. The fourth-order valence-corrected chi connectivity index (χ4v) is 3.64. The van der Waals surface area contributed by atoms with Crippen LogP contribution in [0.25, 0.3) is 11.3 Å². The topological polar surface area (TPSA) is 28.2 Å². The van der Waals surface area contributed by atoms with E-state index in [1.54, 1.807) is 12.1 Å². The van der Waals surface area contributed by atoms with E-state index in [-0.39, 0.29) is 5.56 Å². The van der Waals surface area contributed by atoms with Gasteiger partial charge < -0.3 is 10.2 Å². The third-order valence-electron chi connectivity index (χ3n) is 4.83. The molecule has 126 valence electrons. The number of rotatable bonds is 1. The van der Waals surface area contributed by atoms with Gasteiger partial charge in [-0.1, -0.05) is 24.3 Å². The predicted octanol–water partition coefficient (Wildman–Crippen LogP) is 3.49. The number of alkyl halides is 3. The smallest absolute Gasteiger partial charge is 0.351 e. The van der Waals surface area contributed by atoms with Crippen LogP contribution in [-0.4, -0.2) is 30.7 Å². The summed E-state index contributed by atoms with van der Waals surface area (Å²) >= 11 is 0. The second-order valence-corrected chi connectivity index (χ2v) is 6.31. The summed E-state index contributed by atoms with van der Waals surface area (Å²) in [6.07, 6.45) is -2.40. The van der Waals surface area contributed by atoms with Gasteiger partial charge in [0.25, 0.3) is 0 Å². The van der Waals surface area contributed by atoms with Gasteiger partial charge in [-0.15, -0.1) is 0 Å². The summed E-state index contributed by atoms with van der Waals surface area (Å²) in [5.41, 5.74) is 1.03.